The SMILES string of the molecule is C1=CC2=C(C1)C1=CN=Cc3nncn3C1S2. The molecule has 0 saturated heterocycles. The number of hydrogen-bond acceptors (Lipinski definition) is 4. The largest absolute Gasteiger partial charge is 0.295 e. The van der Waals surface area contributed by atoms with E-state index in [1.54, 1.807) is 12.5 Å². The van der Waals surface area contributed by atoms with Crippen molar-refractivity contribution in [1.82, 2.24) is 14.8 Å². The number of nitrogens with zero attached hydrogens (tertiary/aromatic N) is 4. The van der Waals surface area contributed by atoms with E-state index in [1.807, 2.05) is 18.0 Å². The Kier molecular flexibility index (Phi) is 1.57. The minimum absolute atomic E-state index is 0.266. The molecule has 1 aromatic heterocycles. The summed E-state index contributed by atoms with van der Waals surface area (Å²) in [6.07, 6.45) is 10.9. The first-order valence-corrected chi connectivity index (χ1v) is 6.01. The third-order valence-corrected chi connectivity index (χ3v) is 4.34. The summed E-state index contributed by atoms with van der Waals surface area (Å²) in [4.78, 5) is 5.67. The quantitative estimate of drug-likeness (QED) is 0.682. The van der Waals surface area contributed by atoms with Crippen LogP contribution in [0.15, 0.2) is 45.7 Å². The van der Waals surface area contributed by atoms with E-state index < -0.39 is 0 Å². The van der Waals surface area contributed by atoms with Crippen molar-refractivity contribution in [3.05, 3.63) is 46.6 Å². The predicted molar refractivity (Wildman–Crippen MR) is 63.1 cm³/mol. The second kappa shape index (κ2) is 2.95. The summed E-state index contributed by atoms with van der Waals surface area (Å²) in [5.74, 6) is 0.828. The van der Waals surface area contributed by atoms with Crippen LogP contribution in [-0.2, 0) is 0 Å². The summed E-state index contributed by atoms with van der Waals surface area (Å²) >= 11 is 1.85. The highest BCUT2D eigenvalue weighted by Gasteiger charge is 2.33. The first-order chi connectivity index (χ1) is 7.93. The van der Waals surface area contributed by atoms with Crippen LogP contribution < -0.4 is 0 Å². The van der Waals surface area contributed by atoms with E-state index >= 15 is 0 Å². The van der Waals surface area contributed by atoms with Gasteiger partial charge in [-0.1, -0.05) is 23.9 Å². The topological polar surface area (TPSA) is 43.1 Å². The van der Waals surface area contributed by atoms with Crippen LogP contribution >= 0.6 is 11.8 Å². The Balaban J connectivity index is 1.90. The summed E-state index contributed by atoms with van der Waals surface area (Å²) in [7, 11) is 0. The summed E-state index contributed by atoms with van der Waals surface area (Å²) in [6.45, 7) is 0. The van der Waals surface area contributed by atoms with Crippen molar-refractivity contribution in [1.29, 1.82) is 0 Å². The molecule has 2 aliphatic heterocycles. The zero-order valence-electron chi connectivity index (χ0n) is 8.37. The maximum Gasteiger partial charge on any atom is 0.176 e. The molecule has 0 N–H and O–H groups in total. The van der Waals surface area contributed by atoms with E-state index in [1.165, 1.54) is 16.1 Å². The van der Waals surface area contributed by atoms with Crippen molar-refractivity contribution in [2.45, 2.75) is 11.8 Å². The van der Waals surface area contributed by atoms with Gasteiger partial charge in [-0.25, -0.2) is 0 Å². The fraction of sp³-hybridized carbons (Fsp3) is 0.182. The van der Waals surface area contributed by atoms with E-state index in [9.17, 15) is 0 Å². The minimum atomic E-state index is 0.266. The number of aliphatic imine (C=N–C) groups is 1. The lowest BCUT2D eigenvalue weighted by Gasteiger charge is -2.14. The van der Waals surface area contributed by atoms with Gasteiger partial charge in [-0.15, -0.1) is 10.2 Å². The van der Waals surface area contributed by atoms with Crippen LogP contribution in [0.25, 0.3) is 0 Å². The van der Waals surface area contributed by atoms with E-state index in [0.29, 0.717) is 0 Å². The molecule has 0 bridgehead atoms. The normalized spacial score (nSPS) is 25.2. The molecule has 0 radical (unpaired) electrons. The maximum atomic E-state index is 4.30. The third-order valence-electron chi connectivity index (χ3n) is 3.00. The number of hydrogen-bond donors (Lipinski definition) is 0. The molecular formula is C11H8N4S. The third kappa shape index (κ3) is 0.983. The van der Waals surface area contributed by atoms with Crippen LogP contribution in [0.4, 0.5) is 0 Å². The van der Waals surface area contributed by atoms with Crippen LogP contribution in [0.2, 0.25) is 0 Å². The molecule has 4 rings (SSSR count). The van der Waals surface area contributed by atoms with Gasteiger partial charge in [0.15, 0.2) is 5.82 Å². The highest BCUT2D eigenvalue weighted by molar-refractivity contribution is 8.03. The zero-order chi connectivity index (χ0) is 10.5. The van der Waals surface area contributed by atoms with Gasteiger partial charge in [-0.2, -0.15) is 0 Å². The smallest absolute Gasteiger partial charge is 0.176 e. The maximum absolute atomic E-state index is 4.30. The molecule has 1 atom stereocenters. The lowest BCUT2D eigenvalue weighted by atomic mass is 10.1. The van der Waals surface area contributed by atoms with Crippen molar-refractivity contribution in [2.75, 3.05) is 0 Å². The van der Waals surface area contributed by atoms with Crippen molar-refractivity contribution in [2.24, 2.45) is 4.99 Å². The second-order valence-corrected chi connectivity index (χ2v) is 5.00. The molecule has 4 nitrogen and oxygen atoms in total. The molecule has 3 aliphatic rings. The summed E-state index contributed by atoms with van der Waals surface area (Å²) < 4.78 is 2.08. The Labute approximate surface area is 96.5 Å². The van der Waals surface area contributed by atoms with Crippen molar-refractivity contribution in [3.63, 3.8) is 0 Å². The fourth-order valence-electron chi connectivity index (χ4n) is 2.25. The standard InChI is InChI=1S/C11H8N4S/c1-2-7-8-4-12-5-10-14-13-6-15(10)11(8)16-9(7)3-1/h1,3-6,11H,2H2. The summed E-state index contributed by atoms with van der Waals surface area (Å²) in [5.41, 5.74) is 2.70. The number of allylic oxidation sites excluding steroid dienone is 3. The Morgan fingerprint density at radius 3 is 3.44 bits per heavy atom. The predicted octanol–water partition coefficient (Wildman–Crippen LogP) is 2.05. The van der Waals surface area contributed by atoms with Gasteiger partial charge in [0.25, 0.3) is 0 Å². The average molecular weight is 228 g/mol. The molecule has 0 amide bonds. The number of fused-ring (bicyclic) bond motifs is 4. The van der Waals surface area contributed by atoms with Crippen molar-refractivity contribution < 1.29 is 0 Å². The minimum Gasteiger partial charge on any atom is -0.295 e. The average Bonchev–Trinajstić information content (AvgIpc) is 2.93. The molecule has 1 unspecified atom stereocenters. The Hall–Kier alpha value is -1.62. The fourth-order valence-corrected chi connectivity index (χ4v) is 3.61. The van der Waals surface area contributed by atoms with Gasteiger partial charge in [0.2, 0.25) is 0 Å². The van der Waals surface area contributed by atoms with Crippen molar-refractivity contribution in [3.8, 4) is 0 Å². The molecule has 1 aliphatic carbocycles. The highest BCUT2D eigenvalue weighted by Crippen LogP contribution is 2.52. The molecular weight excluding hydrogens is 220 g/mol. The van der Waals surface area contributed by atoms with Gasteiger partial charge >= 0.3 is 0 Å². The number of aromatic nitrogens is 3. The first kappa shape index (κ1) is 8.52. The van der Waals surface area contributed by atoms with Crippen LogP contribution in [-0.4, -0.2) is 21.0 Å². The zero-order valence-corrected chi connectivity index (χ0v) is 9.18. The molecule has 0 aromatic carbocycles. The van der Waals surface area contributed by atoms with E-state index in [4.69, 9.17) is 0 Å². The van der Waals surface area contributed by atoms with Gasteiger partial charge < -0.3 is 0 Å². The van der Waals surface area contributed by atoms with Gasteiger partial charge in [-0.3, -0.25) is 9.56 Å². The lowest BCUT2D eigenvalue weighted by Crippen LogP contribution is -2.07. The summed E-state index contributed by atoms with van der Waals surface area (Å²) in [6, 6.07) is 0. The molecule has 5 heteroatoms. The van der Waals surface area contributed by atoms with Gasteiger partial charge in [-0.05, 0) is 12.0 Å². The summed E-state index contributed by atoms with van der Waals surface area (Å²) in [5, 5.41) is 8.26. The first-order valence-electron chi connectivity index (χ1n) is 5.13. The Bertz CT molecular complexity index is 591. The van der Waals surface area contributed by atoms with E-state index in [0.717, 1.165) is 12.2 Å². The monoisotopic (exact) mass is 228 g/mol. The molecule has 0 fully saturated rings. The van der Waals surface area contributed by atoms with E-state index in [2.05, 4.69) is 31.9 Å². The molecule has 0 saturated carbocycles. The van der Waals surface area contributed by atoms with E-state index in [-0.39, 0.29) is 5.37 Å². The molecule has 0 spiro atoms. The van der Waals surface area contributed by atoms with Crippen LogP contribution in [0, 0.1) is 0 Å². The molecule has 16 heavy (non-hydrogen) atoms. The highest BCUT2D eigenvalue weighted by atomic mass is 32.2. The second-order valence-electron chi connectivity index (χ2n) is 3.88. The molecule has 1 aromatic rings. The Morgan fingerprint density at radius 2 is 2.44 bits per heavy atom. The molecule has 3 heterocycles. The lowest BCUT2D eigenvalue weighted by molar-refractivity contribution is 0.766. The van der Waals surface area contributed by atoms with Gasteiger partial charge in [0, 0.05) is 16.7 Å². The number of thioether (sulfide) groups is 1. The van der Waals surface area contributed by atoms with Crippen molar-refractivity contribution >= 4 is 18.0 Å². The van der Waals surface area contributed by atoms with Crippen LogP contribution in [0.3, 0.4) is 0 Å². The van der Waals surface area contributed by atoms with Crippen LogP contribution in [0.1, 0.15) is 17.6 Å². The van der Waals surface area contributed by atoms with Gasteiger partial charge in [0.05, 0.1) is 6.21 Å². The van der Waals surface area contributed by atoms with Crippen LogP contribution in [0.5, 0.6) is 0 Å². The number of rotatable bonds is 0. The van der Waals surface area contributed by atoms with Gasteiger partial charge in [0.1, 0.15) is 11.7 Å². The Morgan fingerprint density at radius 1 is 1.44 bits per heavy atom. The molecule has 78 valence electrons.